The fourth-order valence-electron chi connectivity index (χ4n) is 2.06. The van der Waals surface area contributed by atoms with E-state index in [1.165, 1.54) is 5.56 Å². The van der Waals surface area contributed by atoms with Crippen LogP contribution >= 0.6 is 0 Å². The Kier molecular flexibility index (Phi) is 5.84. The van der Waals surface area contributed by atoms with E-state index in [-0.39, 0.29) is 5.92 Å². The molecule has 0 saturated carbocycles. The van der Waals surface area contributed by atoms with E-state index >= 15 is 0 Å². The van der Waals surface area contributed by atoms with E-state index in [1.807, 2.05) is 6.07 Å². The molecule has 0 amide bonds. The minimum atomic E-state index is 0.288. The zero-order chi connectivity index (χ0) is 11.8. The van der Waals surface area contributed by atoms with Crippen molar-refractivity contribution in [1.29, 1.82) is 0 Å². The van der Waals surface area contributed by atoms with Crippen LogP contribution in [0, 0.1) is 5.92 Å². The third-order valence-corrected chi connectivity index (χ3v) is 3.17. The normalized spacial score (nSPS) is 10.7. The van der Waals surface area contributed by atoms with Crippen LogP contribution in [-0.2, 0) is 11.2 Å². The van der Waals surface area contributed by atoms with Gasteiger partial charge < -0.3 is 0 Å². The fraction of sp³-hybridized carbons (Fsp3) is 0.533. The summed E-state index contributed by atoms with van der Waals surface area (Å²) in [6, 6.07) is 10.4. The SMILES string of the molecule is CCC(CC)C(=O)CCCc1ccccc1. The topological polar surface area (TPSA) is 17.1 Å². The van der Waals surface area contributed by atoms with Crippen LogP contribution in [0.5, 0.6) is 0 Å². The molecule has 0 heterocycles. The quantitative estimate of drug-likeness (QED) is 0.675. The van der Waals surface area contributed by atoms with E-state index < -0.39 is 0 Å². The number of ketones is 1. The molecule has 1 nitrogen and oxygen atoms in total. The van der Waals surface area contributed by atoms with E-state index in [0.29, 0.717) is 5.78 Å². The van der Waals surface area contributed by atoms with Crippen LogP contribution in [-0.4, -0.2) is 5.78 Å². The molecule has 0 aliphatic heterocycles. The molecule has 0 saturated heterocycles. The van der Waals surface area contributed by atoms with Crippen LogP contribution in [0.2, 0.25) is 0 Å². The number of Topliss-reactive ketones (excluding diaryl/α,β-unsaturated/α-hetero) is 1. The summed E-state index contributed by atoms with van der Waals surface area (Å²) in [6.45, 7) is 4.20. The third-order valence-electron chi connectivity index (χ3n) is 3.17. The summed E-state index contributed by atoms with van der Waals surface area (Å²) in [5.74, 6) is 0.733. The molecule has 0 aromatic heterocycles. The first-order valence-electron chi connectivity index (χ1n) is 6.34. The van der Waals surface area contributed by atoms with Crippen LogP contribution in [0.3, 0.4) is 0 Å². The van der Waals surface area contributed by atoms with Crippen molar-refractivity contribution in [3.05, 3.63) is 35.9 Å². The predicted molar refractivity (Wildman–Crippen MR) is 68.5 cm³/mol. The van der Waals surface area contributed by atoms with Crippen LogP contribution in [0.1, 0.15) is 45.1 Å². The van der Waals surface area contributed by atoms with Crippen molar-refractivity contribution in [2.45, 2.75) is 46.0 Å². The van der Waals surface area contributed by atoms with Crippen molar-refractivity contribution in [1.82, 2.24) is 0 Å². The Morgan fingerprint density at radius 1 is 1.12 bits per heavy atom. The lowest BCUT2D eigenvalue weighted by Crippen LogP contribution is -2.12. The fourth-order valence-corrected chi connectivity index (χ4v) is 2.06. The maximum Gasteiger partial charge on any atom is 0.135 e. The first-order chi connectivity index (χ1) is 7.77. The molecule has 1 rings (SSSR count). The van der Waals surface area contributed by atoms with Gasteiger partial charge in [-0.15, -0.1) is 0 Å². The molecule has 0 N–H and O–H groups in total. The van der Waals surface area contributed by atoms with Crippen molar-refractivity contribution in [3.63, 3.8) is 0 Å². The Balaban J connectivity index is 2.28. The molecule has 0 atom stereocenters. The van der Waals surface area contributed by atoms with Crippen molar-refractivity contribution in [3.8, 4) is 0 Å². The average molecular weight is 218 g/mol. The van der Waals surface area contributed by atoms with Gasteiger partial charge in [-0.3, -0.25) is 4.79 Å². The molecule has 0 aliphatic carbocycles. The molecule has 88 valence electrons. The van der Waals surface area contributed by atoms with E-state index in [2.05, 4.69) is 38.1 Å². The minimum Gasteiger partial charge on any atom is -0.299 e. The van der Waals surface area contributed by atoms with Gasteiger partial charge in [-0.05, 0) is 31.2 Å². The van der Waals surface area contributed by atoms with Crippen molar-refractivity contribution in [2.24, 2.45) is 5.92 Å². The highest BCUT2D eigenvalue weighted by Crippen LogP contribution is 2.13. The summed E-state index contributed by atoms with van der Waals surface area (Å²) in [5, 5.41) is 0. The van der Waals surface area contributed by atoms with Gasteiger partial charge in [0.25, 0.3) is 0 Å². The lowest BCUT2D eigenvalue weighted by atomic mass is 9.94. The van der Waals surface area contributed by atoms with Gasteiger partial charge in [0.15, 0.2) is 0 Å². The number of benzene rings is 1. The van der Waals surface area contributed by atoms with Gasteiger partial charge in [0.05, 0.1) is 0 Å². The summed E-state index contributed by atoms with van der Waals surface area (Å²) < 4.78 is 0. The monoisotopic (exact) mass is 218 g/mol. The molecule has 1 heteroatoms. The molecule has 0 radical (unpaired) electrons. The Hall–Kier alpha value is -1.11. The third kappa shape index (κ3) is 4.18. The molecule has 0 unspecified atom stereocenters. The second-order valence-corrected chi connectivity index (χ2v) is 4.32. The number of aryl methyl sites for hydroxylation is 1. The van der Waals surface area contributed by atoms with Gasteiger partial charge in [0.1, 0.15) is 5.78 Å². The number of hydrogen-bond donors (Lipinski definition) is 0. The number of carbonyl (C=O) groups excluding carboxylic acids is 1. The van der Waals surface area contributed by atoms with E-state index in [1.54, 1.807) is 0 Å². The molecular weight excluding hydrogens is 196 g/mol. The minimum absolute atomic E-state index is 0.288. The van der Waals surface area contributed by atoms with Gasteiger partial charge >= 0.3 is 0 Å². The molecule has 0 bridgehead atoms. The van der Waals surface area contributed by atoms with Crippen molar-refractivity contribution < 1.29 is 4.79 Å². The summed E-state index contributed by atoms with van der Waals surface area (Å²) in [4.78, 5) is 11.8. The zero-order valence-electron chi connectivity index (χ0n) is 10.4. The molecule has 1 aromatic carbocycles. The number of hydrogen-bond acceptors (Lipinski definition) is 1. The van der Waals surface area contributed by atoms with Crippen molar-refractivity contribution in [2.75, 3.05) is 0 Å². The van der Waals surface area contributed by atoms with E-state index in [0.717, 1.165) is 32.1 Å². The summed E-state index contributed by atoms with van der Waals surface area (Å²) in [5.41, 5.74) is 1.33. The number of carbonyl (C=O) groups is 1. The summed E-state index contributed by atoms with van der Waals surface area (Å²) >= 11 is 0. The zero-order valence-corrected chi connectivity index (χ0v) is 10.4. The van der Waals surface area contributed by atoms with Gasteiger partial charge in [-0.25, -0.2) is 0 Å². The first kappa shape index (κ1) is 13.0. The number of rotatable bonds is 7. The average Bonchev–Trinajstić information content (AvgIpc) is 2.32. The van der Waals surface area contributed by atoms with Crippen molar-refractivity contribution >= 4 is 5.78 Å². The van der Waals surface area contributed by atoms with Gasteiger partial charge in [-0.2, -0.15) is 0 Å². The van der Waals surface area contributed by atoms with Gasteiger partial charge in [0.2, 0.25) is 0 Å². The van der Waals surface area contributed by atoms with Gasteiger partial charge in [0, 0.05) is 12.3 Å². The second kappa shape index (κ2) is 7.21. The van der Waals surface area contributed by atoms with E-state index in [9.17, 15) is 4.79 Å². The lowest BCUT2D eigenvalue weighted by Gasteiger charge is -2.10. The molecule has 1 aromatic rings. The summed E-state index contributed by atoms with van der Waals surface area (Å²) in [7, 11) is 0. The highest BCUT2D eigenvalue weighted by Gasteiger charge is 2.13. The largest absolute Gasteiger partial charge is 0.299 e. The molecule has 0 fully saturated rings. The standard InChI is InChI=1S/C15H22O/c1-3-14(4-2)15(16)12-8-11-13-9-6-5-7-10-13/h5-7,9-10,14H,3-4,8,11-12H2,1-2H3. The van der Waals surface area contributed by atoms with Crippen LogP contribution in [0.4, 0.5) is 0 Å². The van der Waals surface area contributed by atoms with Gasteiger partial charge in [-0.1, -0.05) is 44.2 Å². The molecule has 0 aliphatic rings. The molecule has 0 spiro atoms. The lowest BCUT2D eigenvalue weighted by molar-refractivity contribution is -0.123. The van der Waals surface area contributed by atoms with Crippen LogP contribution < -0.4 is 0 Å². The molecule has 16 heavy (non-hydrogen) atoms. The highest BCUT2D eigenvalue weighted by atomic mass is 16.1. The Bertz CT molecular complexity index is 298. The molecular formula is C15H22O. The second-order valence-electron chi connectivity index (χ2n) is 4.32. The maximum atomic E-state index is 11.8. The Labute approximate surface area is 98.9 Å². The smallest absolute Gasteiger partial charge is 0.135 e. The summed E-state index contributed by atoms with van der Waals surface area (Å²) in [6.07, 6.45) is 4.72. The van der Waals surface area contributed by atoms with E-state index in [4.69, 9.17) is 0 Å². The van der Waals surface area contributed by atoms with Crippen LogP contribution in [0.15, 0.2) is 30.3 Å². The predicted octanol–water partition coefficient (Wildman–Crippen LogP) is 4.01. The first-order valence-corrected chi connectivity index (χ1v) is 6.34. The Morgan fingerprint density at radius 3 is 2.31 bits per heavy atom. The maximum absolute atomic E-state index is 11.8. The highest BCUT2D eigenvalue weighted by molar-refractivity contribution is 5.80. The Morgan fingerprint density at radius 2 is 1.75 bits per heavy atom. The van der Waals surface area contributed by atoms with Crippen LogP contribution in [0.25, 0.3) is 0 Å².